The first-order chi connectivity index (χ1) is 10.9. The van der Waals surface area contributed by atoms with E-state index >= 15 is 0 Å². The second-order valence-electron chi connectivity index (χ2n) is 5.47. The van der Waals surface area contributed by atoms with Gasteiger partial charge in [0.15, 0.2) is 0 Å². The lowest BCUT2D eigenvalue weighted by molar-refractivity contribution is -0.157. The van der Waals surface area contributed by atoms with E-state index in [0.29, 0.717) is 16.5 Å². The predicted molar refractivity (Wildman–Crippen MR) is 90.4 cm³/mol. The molecule has 0 aliphatic carbocycles. The molecule has 6 heteroatoms. The lowest BCUT2D eigenvalue weighted by atomic mass is 9.97. The van der Waals surface area contributed by atoms with Crippen molar-refractivity contribution in [2.75, 3.05) is 7.11 Å². The van der Waals surface area contributed by atoms with Crippen LogP contribution in [0.15, 0.2) is 18.2 Å². The van der Waals surface area contributed by atoms with Crippen LogP contribution in [0, 0.1) is 11.3 Å². The van der Waals surface area contributed by atoms with Crippen molar-refractivity contribution in [3.63, 3.8) is 0 Å². The minimum absolute atomic E-state index is 0.0964. The summed E-state index contributed by atoms with van der Waals surface area (Å²) in [6.45, 7) is 0. The van der Waals surface area contributed by atoms with Gasteiger partial charge >= 0.3 is 5.97 Å². The van der Waals surface area contributed by atoms with E-state index in [0.717, 1.165) is 44.8 Å². The Morgan fingerprint density at radius 3 is 2.52 bits per heavy atom. The molecule has 1 atom stereocenters. The van der Waals surface area contributed by atoms with Gasteiger partial charge in [0.1, 0.15) is 6.07 Å². The maximum absolute atomic E-state index is 11.3. The average Bonchev–Trinajstić information content (AvgIpc) is 2.54. The van der Waals surface area contributed by atoms with Crippen LogP contribution in [-0.4, -0.2) is 23.8 Å². The molecule has 1 N–H and O–H groups in total. The van der Waals surface area contributed by atoms with Crippen molar-refractivity contribution in [2.45, 2.75) is 50.5 Å². The van der Waals surface area contributed by atoms with E-state index in [9.17, 15) is 9.90 Å². The Bertz CT molecular complexity index is 571. The zero-order valence-electron chi connectivity index (χ0n) is 13.1. The minimum Gasteiger partial charge on any atom is -0.466 e. The molecule has 0 aliphatic heterocycles. The van der Waals surface area contributed by atoms with E-state index in [1.165, 1.54) is 0 Å². The number of carbonyl (C=O) groups excluding carboxylic acids is 1. The van der Waals surface area contributed by atoms with Crippen molar-refractivity contribution in [3.8, 4) is 6.07 Å². The molecule has 0 saturated carbocycles. The highest BCUT2D eigenvalue weighted by Gasteiger charge is 2.36. The summed E-state index contributed by atoms with van der Waals surface area (Å²) >= 11 is 12.0. The number of aryl methyl sites for hydroxylation is 1. The van der Waals surface area contributed by atoms with Crippen LogP contribution in [0.25, 0.3) is 0 Å². The third-order valence-corrected chi connectivity index (χ3v) is 4.29. The fourth-order valence-electron chi connectivity index (χ4n) is 2.32. The van der Waals surface area contributed by atoms with E-state index in [1.807, 2.05) is 12.1 Å². The molecule has 126 valence electrons. The normalized spacial score (nSPS) is 13.2. The summed E-state index contributed by atoms with van der Waals surface area (Å²) in [6.07, 6.45) is 5.41. The van der Waals surface area contributed by atoms with E-state index in [2.05, 4.69) is 4.74 Å². The predicted octanol–water partition coefficient (Wildman–Crippen LogP) is 4.30. The van der Waals surface area contributed by atoms with Gasteiger partial charge in [0.25, 0.3) is 0 Å². The van der Waals surface area contributed by atoms with Crippen LogP contribution in [0.2, 0.25) is 10.0 Å². The van der Waals surface area contributed by atoms with Crippen molar-refractivity contribution in [1.82, 2.24) is 0 Å². The van der Waals surface area contributed by atoms with E-state index < -0.39 is 11.6 Å². The van der Waals surface area contributed by atoms with Crippen molar-refractivity contribution in [2.24, 2.45) is 0 Å². The number of nitriles is 1. The molecule has 0 heterocycles. The van der Waals surface area contributed by atoms with Crippen LogP contribution in [0.1, 0.15) is 44.1 Å². The molecule has 1 rings (SSSR count). The quantitative estimate of drug-likeness (QED) is 0.406. The van der Waals surface area contributed by atoms with E-state index in [4.69, 9.17) is 28.5 Å². The largest absolute Gasteiger partial charge is 0.466 e. The first-order valence-electron chi connectivity index (χ1n) is 7.59. The number of ether oxygens (including phenoxy) is 1. The number of hydrogen-bond acceptors (Lipinski definition) is 4. The number of unbranched alkanes of at least 4 members (excludes halogenated alkanes) is 4. The summed E-state index contributed by atoms with van der Waals surface area (Å²) in [5.41, 5.74) is -0.938. The van der Waals surface area contributed by atoms with Gasteiger partial charge in [-0.2, -0.15) is 5.26 Å². The van der Waals surface area contributed by atoms with Crippen molar-refractivity contribution >= 4 is 29.2 Å². The lowest BCUT2D eigenvalue weighted by Crippen LogP contribution is -2.37. The Balaban J connectivity index is 2.21. The Hall–Kier alpha value is -1.28. The first-order valence-corrected chi connectivity index (χ1v) is 8.34. The highest BCUT2D eigenvalue weighted by Crippen LogP contribution is 2.23. The van der Waals surface area contributed by atoms with Gasteiger partial charge in [-0.1, -0.05) is 48.5 Å². The van der Waals surface area contributed by atoms with Crippen LogP contribution in [0.4, 0.5) is 0 Å². The van der Waals surface area contributed by atoms with Gasteiger partial charge in [0.05, 0.1) is 7.11 Å². The molecule has 0 saturated heterocycles. The minimum atomic E-state index is -2.02. The van der Waals surface area contributed by atoms with Gasteiger partial charge in [0.2, 0.25) is 5.60 Å². The summed E-state index contributed by atoms with van der Waals surface area (Å²) in [7, 11) is 1.16. The molecule has 1 unspecified atom stereocenters. The molecular weight excluding hydrogens is 337 g/mol. The molecule has 0 spiro atoms. The molecule has 0 aliphatic rings. The smallest absolute Gasteiger partial charge is 0.352 e. The number of aliphatic hydroxyl groups is 1. The van der Waals surface area contributed by atoms with Crippen LogP contribution in [-0.2, 0) is 16.0 Å². The highest BCUT2D eigenvalue weighted by atomic mass is 35.5. The number of hydrogen-bond donors (Lipinski definition) is 1. The Labute approximate surface area is 147 Å². The summed E-state index contributed by atoms with van der Waals surface area (Å²) in [4.78, 5) is 11.3. The molecule has 1 aromatic carbocycles. The van der Waals surface area contributed by atoms with E-state index in [1.54, 1.807) is 12.1 Å². The molecule has 0 radical (unpaired) electrons. The summed E-state index contributed by atoms with van der Waals surface area (Å²) < 4.78 is 4.44. The standard InChI is InChI=1S/C17H21Cl2NO3/c1-23-16(21)17(22,12-20)10-6-4-2-3-5-7-13-8-9-14(18)11-15(13)19/h8-9,11,22H,2-7,10H2,1H3. The van der Waals surface area contributed by atoms with Crippen LogP contribution in [0.5, 0.6) is 0 Å². The third-order valence-electron chi connectivity index (χ3n) is 3.71. The molecule has 4 nitrogen and oxygen atoms in total. The third kappa shape index (κ3) is 6.39. The zero-order chi connectivity index (χ0) is 17.3. The topological polar surface area (TPSA) is 70.3 Å². The van der Waals surface area contributed by atoms with E-state index in [-0.39, 0.29) is 6.42 Å². The SMILES string of the molecule is COC(=O)C(O)(C#N)CCCCCCCc1ccc(Cl)cc1Cl. The van der Waals surface area contributed by atoms with Crippen LogP contribution in [0.3, 0.4) is 0 Å². The summed E-state index contributed by atoms with van der Waals surface area (Å²) in [6, 6.07) is 7.13. The van der Waals surface area contributed by atoms with Gasteiger partial charge in [0, 0.05) is 16.5 Å². The highest BCUT2D eigenvalue weighted by molar-refractivity contribution is 6.35. The van der Waals surface area contributed by atoms with Gasteiger partial charge in [-0.05, 0) is 37.0 Å². The monoisotopic (exact) mass is 357 g/mol. The summed E-state index contributed by atoms with van der Waals surface area (Å²) in [5.74, 6) is -0.891. The zero-order valence-corrected chi connectivity index (χ0v) is 14.7. The maximum Gasteiger partial charge on any atom is 0.352 e. The molecule has 0 aromatic heterocycles. The number of methoxy groups -OCH3 is 1. The number of esters is 1. The van der Waals surface area contributed by atoms with Crippen molar-refractivity contribution < 1.29 is 14.6 Å². The van der Waals surface area contributed by atoms with Gasteiger partial charge in [-0.3, -0.25) is 0 Å². The second kappa shape index (κ2) is 9.77. The molecule has 0 bridgehead atoms. The fraction of sp³-hybridized carbons (Fsp3) is 0.529. The number of rotatable bonds is 9. The maximum atomic E-state index is 11.3. The Morgan fingerprint density at radius 1 is 1.26 bits per heavy atom. The number of nitrogens with zero attached hydrogens (tertiary/aromatic N) is 1. The Kier molecular flexibility index (Phi) is 8.40. The molecule has 1 aromatic rings. The molecule has 23 heavy (non-hydrogen) atoms. The molecular formula is C17H21Cl2NO3. The first kappa shape index (κ1) is 19.8. The van der Waals surface area contributed by atoms with Crippen molar-refractivity contribution in [3.05, 3.63) is 33.8 Å². The fourth-order valence-corrected chi connectivity index (χ4v) is 2.83. The second-order valence-corrected chi connectivity index (χ2v) is 6.31. The number of halogens is 2. The summed E-state index contributed by atoms with van der Waals surface area (Å²) in [5, 5.41) is 20.0. The van der Waals surface area contributed by atoms with Gasteiger partial charge in [-0.15, -0.1) is 0 Å². The Morgan fingerprint density at radius 2 is 1.91 bits per heavy atom. The van der Waals surface area contributed by atoms with Crippen molar-refractivity contribution in [1.29, 1.82) is 5.26 Å². The van der Waals surface area contributed by atoms with Gasteiger partial charge < -0.3 is 9.84 Å². The molecule has 0 amide bonds. The lowest BCUT2D eigenvalue weighted by Gasteiger charge is -2.16. The van der Waals surface area contributed by atoms with Gasteiger partial charge in [-0.25, -0.2) is 4.79 Å². The van der Waals surface area contributed by atoms with Crippen LogP contribution >= 0.6 is 23.2 Å². The number of carbonyl (C=O) groups is 1. The average molecular weight is 358 g/mol. The number of benzene rings is 1. The molecule has 0 fully saturated rings. The van der Waals surface area contributed by atoms with Crippen LogP contribution < -0.4 is 0 Å².